The zero-order valence-electron chi connectivity index (χ0n) is 18.2. The van der Waals surface area contributed by atoms with Crippen molar-refractivity contribution in [2.24, 2.45) is 0 Å². The summed E-state index contributed by atoms with van der Waals surface area (Å²) in [6, 6.07) is 6.12. The van der Waals surface area contributed by atoms with Crippen molar-refractivity contribution in [1.82, 2.24) is 9.97 Å². The molecule has 4 rings (SSSR count). The van der Waals surface area contributed by atoms with Crippen LogP contribution >= 0.6 is 22.7 Å². The number of anilines is 1. The van der Waals surface area contributed by atoms with E-state index < -0.39 is 19.0 Å². The zero-order valence-corrected chi connectivity index (χ0v) is 19.8. The summed E-state index contributed by atoms with van der Waals surface area (Å²) in [6.07, 6.45) is 1.56. The lowest BCUT2D eigenvalue weighted by atomic mass is 10.1. The Kier molecular flexibility index (Phi) is 7.03. The molecule has 11 heteroatoms. The second-order valence-electron chi connectivity index (χ2n) is 7.55. The van der Waals surface area contributed by atoms with Gasteiger partial charge in [-0.05, 0) is 48.9 Å². The molecule has 3 aromatic heterocycles. The van der Waals surface area contributed by atoms with Crippen LogP contribution in [0.25, 0.3) is 20.7 Å². The second-order valence-corrected chi connectivity index (χ2v) is 9.91. The topological polar surface area (TPSA) is 84.3 Å². The number of benzene rings is 1. The smallest absolute Gasteiger partial charge is 0.387 e. The number of halogens is 3. The molecular formula is C23H20F3N3O3S2. The number of fused-ring (bicyclic) bond motifs is 1. The van der Waals surface area contributed by atoms with Gasteiger partial charge in [-0.1, -0.05) is 0 Å². The van der Waals surface area contributed by atoms with Crippen molar-refractivity contribution >= 4 is 44.5 Å². The number of rotatable bonds is 9. The maximum atomic E-state index is 13.9. The van der Waals surface area contributed by atoms with Crippen LogP contribution in [0.15, 0.2) is 30.6 Å². The van der Waals surface area contributed by atoms with Crippen molar-refractivity contribution < 1.29 is 27.8 Å². The van der Waals surface area contributed by atoms with Gasteiger partial charge in [-0.15, -0.1) is 22.7 Å². The number of nitrogens with one attached hydrogen (secondary N) is 1. The van der Waals surface area contributed by atoms with E-state index in [1.807, 2.05) is 13.8 Å². The highest BCUT2D eigenvalue weighted by molar-refractivity contribution is 7.19. The Bertz CT molecular complexity index is 1350. The minimum Gasteiger partial charge on any atom is -0.481 e. The molecule has 0 amide bonds. The summed E-state index contributed by atoms with van der Waals surface area (Å²) in [6.45, 7) is 1.39. The third-order valence-corrected chi connectivity index (χ3v) is 7.58. The van der Waals surface area contributed by atoms with Crippen molar-refractivity contribution in [3.05, 3.63) is 57.3 Å². The van der Waals surface area contributed by atoms with Crippen molar-refractivity contribution in [3.63, 3.8) is 0 Å². The summed E-state index contributed by atoms with van der Waals surface area (Å²) in [5.41, 5.74) is 2.44. The number of aliphatic carboxylic acids is 1. The van der Waals surface area contributed by atoms with Crippen LogP contribution in [0.1, 0.15) is 20.9 Å². The summed E-state index contributed by atoms with van der Waals surface area (Å²) < 4.78 is 44.9. The van der Waals surface area contributed by atoms with Crippen LogP contribution in [0, 0.1) is 19.7 Å². The van der Waals surface area contributed by atoms with Gasteiger partial charge >= 0.3 is 12.6 Å². The van der Waals surface area contributed by atoms with E-state index in [4.69, 9.17) is 5.11 Å². The number of nitrogens with zero attached hydrogens (tertiary/aromatic N) is 2. The Morgan fingerprint density at radius 3 is 2.71 bits per heavy atom. The fourth-order valence-corrected chi connectivity index (χ4v) is 5.91. The standard InChI is InChI=1S/C23H20F3N3O3S2/c1-11-5-13(24)6-15-14(12(2)33-22(11)15)3-4-27-20-7-16(28-10-29-20)18-8-17(32-23(25)26)19(34-18)9-21(30)31/h5-8,10,23H,3-4,9H2,1-2H3,(H,30,31)(H,27,28,29). The summed E-state index contributed by atoms with van der Waals surface area (Å²) >= 11 is 2.67. The molecule has 0 saturated carbocycles. The van der Waals surface area contributed by atoms with Crippen LogP contribution in [0.2, 0.25) is 0 Å². The lowest BCUT2D eigenvalue weighted by molar-refractivity contribution is -0.136. The Balaban J connectivity index is 1.51. The molecule has 34 heavy (non-hydrogen) atoms. The maximum Gasteiger partial charge on any atom is 0.387 e. The largest absolute Gasteiger partial charge is 0.481 e. The predicted octanol–water partition coefficient (Wildman–Crippen LogP) is 6.06. The van der Waals surface area contributed by atoms with Gasteiger partial charge in [0.15, 0.2) is 0 Å². The average molecular weight is 508 g/mol. The number of aryl methyl sites for hydroxylation is 2. The van der Waals surface area contributed by atoms with E-state index in [9.17, 15) is 18.0 Å². The van der Waals surface area contributed by atoms with Gasteiger partial charge in [0.2, 0.25) is 0 Å². The molecule has 4 aromatic rings. The van der Waals surface area contributed by atoms with Crippen molar-refractivity contribution in [3.8, 4) is 16.3 Å². The van der Waals surface area contributed by atoms with Crippen LogP contribution in [0.4, 0.5) is 19.0 Å². The van der Waals surface area contributed by atoms with Gasteiger partial charge in [0.1, 0.15) is 23.7 Å². The van der Waals surface area contributed by atoms with E-state index in [0.717, 1.165) is 37.4 Å². The Morgan fingerprint density at radius 1 is 1.18 bits per heavy atom. The normalized spacial score (nSPS) is 11.4. The van der Waals surface area contributed by atoms with Crippen LogP contribution in [-0.4, -0.2) is 34.2 Å². The van der Waals surface area contributed by atoms with Crippen LogP contribution < -0.4 is 10.1 Å². The third-order valence-electron chi connectivity index (χ3n) is 5.14. The first-order chi connectivity index (χ1) is 16.2. The first-order valence-corrected chi connectivity index (χ1v) is 11.9. The van der Waals surface area contributed by atoms with E-state index in [2.05, 4.69) is 20.0 Å². The Hall–Kier alpha value is -3.18. The van der Waals surface area contributed by atoms with Gasteiger partial charge in [0, 0.05) is 28.3 Å². The lowest BCUT2D eigenvalue weighted by Gasteiger charge is -2.07. The van der Waals surface area contributed by atoms with Crippen molar-refractivity contribution in [2.75, 3.05) is 11.9 Å². The fraction of sp³-hybridized carbons (Fsp3) is 0.261. The molecule has 6 nitrogen and oxygen atoms in total. The van der Waals surface area contributed by atoms with E-state index in [1.165, 1.54) is 18.5 Å². The molecule has 0 unspecified atom stereocenters. The molecule has 1 aromatic carbocycles. The molecule has 0 aliphatic heterocycles. The van der Waals surface area contributed by atoms with Gasteiger partial charge in [0.05, 0.1) is 21.9 Å². The molecule has 0 bridgehead atoms. The SMILES string of the molecule is Cc1sc2c(C)cc(F)cc2c1CCNc1cc(-c2cc(OC(F)F)c(CC(=O)O)s2)ncn1. The second kappa shape index (κ2) is 9.98. The molecule has 0 radical (unpaired) electrons. The maximum absolute atomic E-state index is 13.9. The number of hydrogen-bond donors (Lipinski definition) is 2. The van der Waals surface area contributed by atoms with Crippen LogP contribution in [-0.2, 0) is 17.6 Å². The highest BCUT2D eigenvalue weighted by Gasteiger charge is 2.19. The van der Waals surface area contributed by atoms with E-state index in [1.54, 1.807) is 23.5 Å². The molecule has 0 saturated heterocycles. The number of aromatic nitrogens is 2. The Labute approximate surface area is 201 Å². The third kappa shape index (κ3) is 5.31. The quantitative estimate of drug-likeness (QED) is 0.287. The van der Waals surface area contributed by atoms with Crippen molar-refractivity contribution in [2.45, 2.75) is 33.3 Å². The minimum absolute atomic E-state index is 0.173. The van der Waals surface area contributed by atoms with Gasteiger partial charge in [-0.2, -0.15) is 8.78 Å². The summed E-state index contributed by atoms with van der Waals surface area (Å²) in [5.74, 6) is -1.06. The highest BCUT2D eigenvalue weighted by atomic mass is 32.1. The number of ether oxygens (including phenoxy) is 1. The average Bonchev–Trinajstić information content (AvgIpc) is 3.28. The number of alkyl halides is 2. The summed E-state index contributed by atoms with van der Waals surface area (Å²) in [4.78, 5) is 21.3. The van der Waals surface area contributed by atoms with Gasteiger partial charge < -0.3 is 15.2 Å². The molecule has 3 heterocycles. The fourth-order valence-electron chi connectivity index (χ4n) is 3.70. The molecule has 2 N–H and O–H groups in total. The summed E-state index contributed by atoms with van der Waals surface area (Å²) in [5, 5.41) is 13.2. The van der Waals surface area contributed by atoms with Crippen LogP contribution in [0.5, 0.6) is 5.75 Å². The molecule has 0 aliphatic carbocycles. The number of carboxylic acids is 1. The zero-order chi connectivity index (χ0) is 24.4. The monoisotopic (exact) mass is 507 g/mol. The number of carboxylic acid groups (broad SMARTS) is 1. The molecule has 0 fully saturated rings. The summed E-state index contributed by atoms with van der Waals surface area (Å²) in [7, 11) is 0. The lowest BCUT2D eigenvalue weighted by Crippen LogP contribution is -2.07. The van der Waals surface area contributed by atoms with E-state index >= 15 is 0 Å². The highest BCUT2D eigenvalue weighted by Crippen LogP contribution is 2.37. The first kappa shape index (κ1) is 24.0. The molecule has 0 aliphatic rings. The van der Waals surface area contributed by atoms with Gasteiger partial charge in [0.25, 0.3) is 0 Å². The molecule has 178 valence electrons. The number of carbonyl (C=O) groups is 1. The van der Waals surface area contributed by atoms with Crippen LogP contribution in [0.3, 0.4) is 0 Å². The minimum atomic E-state index is -3.06. The predicted molar refractivity (Wildman–Crippen MR) is 127 cm³/mol. The first-order valence-electron chi connectivity index (χ1n) is 10.2. The molecule has 0 atom stereocenters. The van der Waals surface area contributed by atoms with Gasteiger partial charge in [-0.3, -0.25) is 4.79 Å². The van der Waals surface area contributed by atoms with E-state index in [0.29, 0.717) is 29.4 Å². The van der Waals surface area contributed by atoms with Gasteiger partial charge in [-0.25, -0.2) is 14.4 Å². The number of thiophene rings is 2. The number of hydrogen-bond acceptors (Lipinski definition) is 7. The molecule has 0 spiro atoms. The Morgan fingerprint density at radius 2 is 1.97 bits per heavy atom. The molecular weight excluding hydrogens is 487 g/mol. The van der Waals surface area contributed by atoms with Crippen molar-refractivity contribution in [1.29, 1.82) is 0 Å². The van der Waals surface area contributed by atoms with E-state index in [-0.39, 0.29) is 16.4 Å².